The molecule has 2 aromatic heterocycles. The van der Waals surface area contributed by atoms with Gasteiger partial charge in [-0.15, -0.1) is 16.4 Å². The van der Waals surface area contributed by atoms with Gasteiger partial charge in [-0.3, -0.25) is 9.89 Å². The average molecular weight is 415 g/mol. The topological polar surface area (TPSA) is 89.1 Å². The number of fused-ring (bicyclic) bond motifs is 1. The monoisotopic (exact) mass is 414 g/mol. The van der Waals surface area contributed by atoms with Crippen molar-refractivity contribution in [2.45, 2.75) is 11.3 Å². The van der Waals surface area contributed by atoms with Crippen LogP contribution >= 0.6 is 23.1 Å². The molecule has 0 spiro atoms. The van der Waals surface area contributed by atoms with Gasteiger partial charge in [-0.2, -0.15) is 0 Å². The highest BCUT2D eigenvalue weighted by Crippen LogP contribution is 2.30. The number of carbonyl (C=O) groups excluding carboxylic acids is 1. The molecule has 9 heteroatoms. The van der Waals surface area contributed by atoms with Gasteiger partial charge in [0.15, 0.2) is 11.5 Å². The molecule has 0 aliphatic carbocycles. The van der Waals surface area contributed by atoms with E-state index in [1.54, 1.807) is 11.3 Å². The number of para-hydroxylation sites is 2. The van der Waals surface area contributed by atoms with Crippen molar-refractivity contribution >= 4 is 41.2 Å². The Hall–Kier alpha value is -2.78. The summed E-state index contributed by atoms with van der Waals surface area (Å²) in [4.78, 5) is 17.6. The minimum atomic E-state index is -0.207. The van der Waals surface area contributed by atoms with Gasteiger partial charge in [-0.25, -0.2) is 4.98 Å². The zero-order valence-corrected chi connectivity index (χ0v) is 16.5. The summed E-state index contributed by atoms with van der Waals surface area (Å²) in [5.41, 5.74) is 0. The minimum absolute atomic E-state index is 0.104. The van der Waals surface area contributed by atoms with Crippen LogP contribution in [0.25, 0.3) is 12.2 Å². The number of hydrogen-bond donors (Lipinski definition) is 2. The third kappa shape index (κ3) is 4.93. The van der Waals surface area contributed by atoms with Crippen LogP contribution < -0.4 is 14.8 Å². The van der Waals surface area contributed by atoms with Crippen LogP contribution in [0.2, 0.25) is 0 Å². The van der Waals surface area contributed by atoms with Gasteiger partial charge in [-0.05, 0) is 35.7 Å². The number of nitrogens with one attached hydrogen (secondary N) is 2. The number of carbonyl (C=O) groups is 1. The first kappa shape index (κ1) is 18.6. The van der Waals surface area contributed by atoms with Gasteiger partial charge >= 0.3 is 0 Å². The zero-order valence-electron chi connectivity index (χ0n) is 14.8. The van der Waals surface area contributed by atoms with Crippen LogP contribution in [0.3, 0.4) is 0 Å². The third-order valence-corrected chi connectivity index (χ3v) is 5.54. The summed E-state index contributed by atoms with van der Waals surface area (Å²) in [6, 6.07) is 11.5. The van der Waals surface area contributed by atoms with E-state index in [2.05, 4.69) is 20.5 Å². The number of thioether (sulfide) groups is 1. The van der Waals surface area contributed by atoms with Gasteiger partial charge < -0.3 is 14.8 Å². The fourth-order valence-corrected chi connectivity index (χ4v) is 3.77. The highest BCUT2D eigenvalue weighted by molar-refractivity contribution is 7.99. The molecule has 1 amide bonds. The Bertz CT molecular complexity index is 956. The molecule has 1 aromatic carbocycles. The van der Waals surface area contributed by atoms with Crippen molar-refractivity contribution in [2.75, 3.05) is 18.9 Å². The maximum Gasteiger partial charge on any atom is 0.230 e. The van der Waals surface area contributed by atoms with E-state index in [1.807, 2.05) is 53.9 Å². The zero-order chi connectivity index (χ0) is 19.2. The Morgan fingerprint density at radius 3 is 3.04 bits per heavy atom. The van der Waals surface area contributed by atoms with Gasteiger partial charge in [0.05, 0.1) is 12.3 Å². The van der Waals surface area contributed by atoms with Crippen LogP contribution in [-0.4, -0.2) is 46.1 Å². The molecule has 1 atom stereocenters. The maximum absolute atomic E-state index is 12.1. The van der Waals surface area contributed by atoms with Crippen LogP contribution in [0.4, 0.5) is 0 Å². The summed E-state index contributed by atoms with van der Waals surface area (Å²) in [7, 11) is 0. The Balaban J connectivity index is 1.20. The molecule has 0 saturated heterocycles. The summed E-state index contributed by atoms with van der Waals surface area (Å²) in [5.74, 6) is 2.21. The number of nitrogens with zero attached hydrogens (tertiary/aromatic N) is 2. The summed E-state index contributed by atoms with van der Waals surface area (Å²) in [5, 5.41) is 12.4. The first-order valence-electron chi connectivity index (χ1n) is 8.68. The first-order chi connectivity index (χ1) is 13.8. The molecule has 7 nitrogen and oxygen atoms in total. The smallest absolute Gasteiger partial charge is 0.230 e. The highest BCUT2D eigenvalue weighted by Gasteiger charge is 2.21. The van der Waals surface area contributed by atoms with Crippen LogP contribution in [-0.2, 0) is 4.79 Å². The lowest BCUT2D eigenvalue weighted by atomic mass is 10.2. The summed E-state index contributed by atoms with van der Waals surface area (Å²) in [6.45, 7) is 0.793. The fourth-order valence-electron chi connectivity index (χ4n) is 2.52. The van der Waals surface area contributed by atoms with E-state index in [4.69, 9.17) is 9.47 Å². The molecule has 2 N–H and O–H groups in total. The summed E-state index contributed by atoms with van der Waals surface area (Å²) in [6.07, 6.45) is 3.62. The van der Waals surface area contributed by atoms with E-state index in [-0.39, 0.29) is 17.8 Å². The fraction of sp³-hybridized carbons (Fsp3) is 0.211. The number of rotatable bonds is 7. The lowest BCUT2D eigenvalue weighted by Crippen LogP contribution is -2.41. The van der Waals surface area contributed by atoms with E-state index in [0.717, 1.165) is 10.6 Å². The summed E-state index contributed by atoms with van der Waals surface area (Å²) < 4.78 is 11.5. The Morgan fingerprint density at radius 2 is 2.18 bits per heavy atom. The molecule has 1 unspecified atom stereocenters. The number of amides is 1. The molecule has 3 aromatic rings. The number of benzene rings is 1. The number of aromatic amines is 1. The quantitative estimate of drug-likeness (QED) is 0.578. The van der Waals surface area contributed by atoms with Crippen molar-refractivity contribution in [3.8, 4) is 11.5 Å². The lowest BCUT2D eigenvalue weighted by molar-refractivity contribution is -0.119. The largest absolute Gasteiger partial charge is 0.486 e. The van der Waals surface area contributed by atoms with Crippen LogP contribution in [0.15, 0.2) is 46.9 Å². The summed E-state index contributed by atoms with van der Waals surface area (Å²) >= 11 is 2.93. The van der Waals surface area contributed by atoms with Crippen molar-refractivity contribution in [1.82, 2.24) is 20.5 Å². The van der Waals surface area contributed by atoms with Gasteiger partial charge in [0.25, 0.3) is 0 Å². The van der Waals surface area contributed by atoms with E-state index < -0.39 is 0 Å². The Morgan fingerprint density at radius 1 is 1.29 bits per heavy atom. The van der Waals surface area contributed by atoms with Crippen LogP contribution in [0, 0.1) is 0 Å². The molecular weight excluding hydrogens is 396 g/mol. The molecule has 28 heavy (non-hydrogen) atoms. The van der Waals surface area contributed by atoms with Gasteiger partial charge in [0.1, 0.15) is 18.5 Å². The third-order valence-electron chi connectivity index (χ3n) is 3.86. The van der Waals surface area contributed by atoms with E-state index in [0.29, 0.717) is 29.9 Å². The predicted molar refractivity (Wildman–Crippen MR) is 110 cm³/mol. The van der Waals surface area contributed by atoms with E-state index in [1.165, 1.54) is 11.8 Å². The molecule has 0 fully saturated rings. The second-order valence-corrected chi connectivity index (χ2v) is 7.86. The van der Waals surface area contributed by atoms with Crippen molar-refractivity contribution in [3.05, 3.63) is 52.5 Å². The van der Waals surface area contributed by atoms with E-state index in [9.17, 15) is 4.79 Å². The van der Waals surface area contributed by atoms with E-state index >= 15 is 0 Å². The predicted octanol–water partition coefficient (Wildman–Crippen LogP) is 3.08. The molecular formula is C19H18N4O3S2. The second kappa shape index (κ2) is 8.94. The number of thiophene rings is 1. The second-order valence-electron chi connectivity index (χ2n) is 5.94. The highest BCUT2D eigenvalue weighted by atomic mass is 32.2. The number of H-pyrrole nitrogens is 1. The molecule has 4 rings (SSSR count). The first-order valence-corrected chi connectivity index (χ1v) is 10.5. The lowest BCUT2D eigenvalue weighted by Gasteiger charge is -2.26. The van der Waals surface area contributed by atoms with Crippen molar-refractivity contribution < 1.29 is 14.3 Å². The van der Waals surface area contributed by atoms with Gasteiger partial charge in [-0.1, -0.05) is 30.0 Å². The molecule has 3 heterocycles. The minimum Gasteiger partial charge on any atom is -0.486 e. The van der Waals surface area contributed by atoms with Crippen molar-refractivity contribution in [3.63, 3.8) is 0 Å². The Labute approximate surface area is 170 Å². The number of hydrogen-bond acceptors (Lipinski definition) is 7. The normalized spacial score (nSPS) is 15.6. The van der Waals surface area contributed by atoms with Crippen LogP contribution in [0.5, 0.6) is 11.5 Å². The SMILES string of the molecule is O=C(CSc1n[nH]c(/C=C/c2cccs2)n1)NCC1COc2ccccc2O1. The number of ether oxygens (including phenoxy) is 2. The standard InChI is InChI=1S/C19H18N4O3S2/c24-18(20-10-13-11-25-15-5-1-2-6-16(15)26-13)12-28-19-21-17(22-23-19)8-7-14-4-3-9-27-14/h1-9,13H,10-12H2,(H,20,24)(H,21,22,23)/b8-7+. The number of aromatic nitrogens is 3. The van der Waals surface area contributed by atoms with Gasteiger partial charge in [0.2, 0.25) is 11.1 Å². The molecule has 144 valence electrons. The van der Waals surface area contributed by atoms with Gasteiger partial charge in [0, 0.05) is 4.88 Å². The average Bonchev–Trinajstić information content (AvgIpc) is 3.41. The van der Waals surface area contributed by atoms with Crippen molar-refractivity contribution in [2.24, 2.45) is 0 Å². The molecule has 1 aliphatic heterocycles. The maximum atomic E-state index is 12.1. The van der Waals surface area contributed by atoms with Crippen molar-refractivity contribution in [1.29, 1.82) is 0 Å². The molecule has 0 saturated carbocycles. The molecule has 0 radical (unpaired) electrons. The molecule has 0 bridgehead atoms. The Kier molecular flexibility index (Phi) is 5.93. The molecule has 1 aliphatic rings. The van der Waals surface area contributed by atoms with Crippen LogP contribution in [0.1, 0.15) is 10.7 Å².